The number of benzene rings is 2. The first-order chi connectivity index (χ1) is 11.5. The van der Waals surface area contributed by atoms with E-state index in [0.717, 1.165) is 18.4 Å². The van der Waals surface area contributed by atoms with Crippen molar-refractivity contribution in [2.75, 3.05) is 11.6 Å². The smallest absolute Gasteiger partial charge is 0.321 e. The van der Waals surface area contributed by atoms with Crippen LogP contribution in [0.2, 0.25) is 0 Å². The minimum absolute atomic E-state index is 0.0561. The number of carbonyl (C=O) groups excluding carboxylic acids is 1. The lowest BCUT2D eigenvalue weighted by atomic mass is 10.1. The molecule has 9 heteroatoms. The maximum atomic E-state index is 12.8. The fraction of sp³-hybridized carbons (Fsp3) is 0.188. The Hall–Kier alpha value is -1.62. The predicted molar refractivity (Wildman–Crippen MR) is 97.1 cm³/mol. The Labute approximate surface area is 156 Å². The number of alkyl halides is 3. The second-order valence-corrected chi connectivity index (χ2v) is 8.72. The number of rotatable bonds is 4. The second-order valence-electron chi connectivity index (χ2n) is 5.41. The van der Waals surface area contributed by atoms with E-state index in [1.807, 2.05) is 22.6 Å². The summed E-state index contributed by atoms with van der Waals surface area (Å²) in [5.41, 5.74) is -0.0643. The minimum atomic E-state index is -4.50. The fourth-order valence-corrected chi connectivity index (χ4v) is 3.32. The zero-order chi connectivity index (χ0) is 18.8. The van der Waals surface area contributed by atoms with Crippen LogP contribution in [-0.4, -0.2) is 20.6 Å². The highest BCUT2D eigenvalue weighted by atomic mass is 127. The Kier molecular flexibility index (Phi) is 5.77. The van der Waals surface area contributed by atoms with Gasteiger partial charge in [-0.3, -0.25) is 4.79 Å². The predicted octanol–water partition coefficient (Wildman–Crippen LogP) is 4.11. The van der Waals surface area contributed by atoms with Crippen molar-refractivity contribution in [2.45, 2.75) is 11.9 Å². The third-order valence-corrected chi connectivity index (χ3v) is 4.99. The van der Waals surface area contributed by atoms with Gasteiger partial charge in [-0.1, -0.05) is 12.1 Å². The van der Waals surface area contributed by atoms with Crippen molar-refractivity contribution in [1.82, 2.24) is 0 Å². The Morgan fingerprint density at radius 1 is 1.12 bits per heavy atom. The molecule has 1 amide bonds. The van der Waals surface area contributed by atoms with Gasteiger partial charge in [0.1, 0.15) is 0 Å². The van der Waals surface area contributed by atoms with Crippen molar-refractivity contribution in [3.8, 4) is 0 Å². The molecule has 0 aliphatic carbocycles. The summed E-state index contributed by atoms with van der Waals surface area (Å²) in [5, 5.41) is 2.44. The number of carbonyl (C=O) groups is 1. The van der Waals surface area contributed by atoms with Crippen LogP contribution in [0.25, 0.3) is 0 Å². The van der Waals surface area contributed by atoms with Gasteiger partial charge in [-0.15, -0.1) is 0 Å². The van der Waals surface area contributed by atoms with Crippen molar-refractivity contribution in [2.24, 2.45) is 0 Å². The molecule has 0 atom stereocenters. The van der Waals surface area contributed by atoms with E-state index in [1.54, 1.807) is 0 Å². The van der Waals surface area contributed by atoms with Crippen molar-refractivity contribution < 1.29 is 26.4 Å². The van der Waals surface area contributed by atoms with Gasteiger partial charge in [-0.05, 0) is 58.5 Å². The van der Waals surface area contributed by atoms with Gasteiger partial charge in [0, 0.05) is 15.4 Å². The zero-order valence-corrected chi connectivity index (χ0v) is 15.9. The number of hydrogen-bond acceptors (Lipinski definition) is 3. The molecule has 0 saturated heterocycles. The molecule has 1 N–H and O–H groups in total. The van der Waals surface area contributed by atoms with Gasteiger partial charge in [0.2, 0.25) is 0 Å². The Morgan fingerprint density at radius 3 is 2.24 bits per heavy atom. The summed E-state index contributed by atoms with van der Waals surface area (Å²) in [6.45, 7) is 0. The molecule has 0 aliphatic heterocycles. The molecule has 0 aliphatic rings. The molecule has 0 bridgehead atoms. The number of amides is 1. The summed E-state index contributed by atoms with van der Waals surface area (Å²) in [6.07, 6.45) is -3.40. The summed E-state index contributed by atoms with van der Waals surface area (Å²) in [4.78, 5) is 12.2. The molecule has 0 unspecified atom stereocenters. The maximum Gasteiger partial charge on any atom is 0.416 e. The van der Waals surface area contributed by atoms with Gasteiger partial charge in [0.15, 0.2) is 9.84 Å². The molecule has 0 fully saturated rings. The summed E-state index contributed by atoms with van der Waals surface area (Å²) in [5.74, 6) is -0.733. The molecule has 2 rings (SSSR count). The standard InChI is InChI=1S/C16H13F3INO3S/c1-25(23,24)9-10-2-4-11(5-3-10)15(22)21-14-8-12(16(17,18)19)6-7-13(14)20/h2-8H,9H2,1H3,(H,21,22). The van der Waals surface area contributed by atoms with Crippen LogP contribution >= 0.6 is 22.6 Å². The quantitative estimate of drug-likeness (QED) is 0.667. The van der Waals surface area contributed by atoms with Gasteiger partial charge in [-0.2, -0.15) is 13.2 Å². The van der Waals surface area contributed by atoms with Crippen LogP contribution in [0.5, 0.6) is 0 Å². The number of hydrogen-bond donors (Lipinski definition) is 1. The number of sulfone groups is 1. The average molecular weight is 483 g/mol. The van der Waals surface area contributed by atoms with Crippen LogP contribution in [0.4, 0.5) is 18.9 Å². The summed E-state index contributed by atoms with van der Waals surface area (Å²) >= 11 is 1.83. The molecular formula is C16H13F3INO3S. The lowest BCUT2D eigenvalue weighted by molar-refractivity contribution is -0.137. The van der Waals surface area contributed by atoms with Gasteiger partial charge >= 0.3 is 6.18 Å². The van der Waals surface area contributed by atoms with E-state index >= 15 is 0 Å². The highest BCUT2D eigenvalue weighted by Crippen LogP contribution is 2.32. The Bertz CT molecular complexity index is 894. The van der Waals surface area contributed by atoms with Crippen molar-refractivity contribution in [3.05, 3.63) is 62.7 Å². The number of anilines is 1. The fourth-order valence-electron chi connectivity index (χ4n) is 2.05. The number of nitrogens with one attached hydrogen (secondary N) is 1. The highest BCUT2D eigenvalue weighted by Gasteiger charge is 2.31. The van der Waals surface area contributed by atoms with Crippen LogP contribution in [-0.2, 0) is 21.8 Å². The largest absolute Gasteiger partial charge is 0.416 e. The SMILES string of the molecule is CS(=O)(=O)Cc1ccc(C(=O)Nc2cc(C(F)(F)F)ccc2I)cc1. The third-order valence-electron chi connectivity index (χ3n) is 3.19. The lowest BCUT2D eigenvalue weighted by Gasteiger charge is -2.12. The Morgan fingerprint density at radius 2 is 1.72 bits per heavy atom. The van der Waals surface area contributed by atoms with Crippen LogP contribution in [0.15, 0.2) is 42.5 Å². The normalized spacial score (nSPS) is 12.0. The summed E-state index contributed by atoms with van der Waals surface area (Å²) < 4.78 is 61.3. The molecule has 25 heavy (non-hydrogen) atoms. The zero-order valence-electron chi connectivity index (χ0n) is 12.9. The van der Waals surface area contributed by atoms with Crippen LogP contribution in [0, 0.1) is 3.57 Å². The van der Waals surface area contributed by atoms with Gasteiger partial charge < -0.3 is 5.32 Å². The van der Waals surface area contributed by atoms with Gasteiger partial charge in [0.05, 0.1) is 17.0 Å². The van der Waals surface area contributed by atoms with Crippen LogP contribution < -0.4 is 5.32 Å². The van der Waals surface area contributed by atoms with E-state index in [4.69, 9.17) is 0 Å². The first-order valence-electron chi connectivity index (χ1n) is 6.90. The average Bonchev–Trinajstić information content (AvgIpc) is 2.47. The minimum Gasteiger partial charge on any atom is -0.321 e. The third kappa shape index (κ3) is 5.70. The van der Waals surface area contributed by atoms with Crippen LogP contribution in [0.1, 0.15) is 21.5 Å². The van der Waals surface area contributed by atoms with Gasteiger partial charge in [-0.25, -0.2) is 8.42 Å². The number of halogens is 4. The lowest BCUT2D eigenvalue weighted by Crippen LogP contribution is -2.14. The molecule has 4 nitrogen and oxygen atoms in total. The highest BCUT2D eigenvalue weighted by molar-refractivity contribution is 14.1. The van der Waals surface area contributed by atoms with Crippen molar-refractivity contribution in [3.63, 3.8) is 0 Å². The summed E-state index contributed by atoms with van der Waals surface area (Å²) in [6, 6.07) is 8.93. The van der Waals surface area contributed by atoms with E-state index in [-0.39, 0.29) is 17.0 Å². The summed E-state index contributed by atoms with van der Waals surface area (Å²) in [7, 11) is -3.19. The van der Waals surface area contributed by atoms with E-state index in [0.29, 0.717) is 9.13 Å². The Balaban J connectivity index is 2.20. The molecule has 2 aromatic carbocycles. The van der Waals surface area contributed by atoms with E-state index in [2.05, 4.69) is 5.32 Å². The van der Waals surface area contributed by atoms with E-state index in [1.165, 1.54) is 30.3 Å². The molecule has 0 radical (unpaired) electrons. The molecule has 0 saturated carbocycles. The molecule has 0 heterocycles. The van der Waals surface area contributed by atoms with E-state index < -0.39 is 27.5 Å². The second kappa shape index (κ2) is 7.32. The van der Waals surface area contributed by atoms with E-state index in [9.17, 15) is 26.4 Å². The maximum absolute atomic E-state index is 12.8. The topological polar surface area (TPSA) is 63.2 Å². The first kappa shape index (κ1) is 19.7. The molecule has 0 aromatic heterocycles. The molecule has 2 aromatic rings. The van der Waals surface area contributed by atoms with Gasteiger partial charge in [0.25, 0.3) is 5.91 Å². The van der Waals surface area contributed by atoms with Crippen LogP contribution in [0.3, 0.4) is 0 Å². The monoisotopic (exact) mass is 483 g/mol. The molecule has 0 spiro atoms. The first-order valence-corrected chi connectivity index (χ1v) is 10.0. The molecular weight excluding hydrogens is 470 g/mol. The van der Waals surface area contributed by atoms with Crippen molar-refractivity contribution >= 4 is 44.0 Å². The molecule has 134 valence electrons. The van der Waals surface area contributed by atoms with Crippen molar-refractivity contribution in [1.29, 1.82) is 0 Å².